The normalized spacial score (nSPS) is 39.1. The van der Waals surface area contributed by atoms with Crippen LogP contribution >= 0.6 is 0 Å². The fraction of sp³-hybridized carbons (Fsp3) is 0.724. The van der Waals surface area contributed by atoms with Crippen molar-refractivity contribution in [1.82, 2.24) is 5.32 Å². The molecule has 2 heterocycles. The van der Waals surface area contributed by atoms with Crippen molar-refractivity contribution in [1.29, 1.82) is 0 Å². The van der Waals surface area contributed by atoms with Crippen LogP contribution in [0.4, 0.5) is 0 Å². The molecular formula is C29H46N2O4. The highest BCUT2D eigenvalue weighted by Crippen LogP contribution is 2.48. The molecule has 0 aromatic rings. The molecule has 3 aliphatic rings. The van der Waals surface area contributed by atoms with Gasteiger partial charge in [0.2, 0.25) is 0 Å². The number of rotatable bonds is 11. The second kappa shape index (κ2) is 13.1. The molecule has 196 valence electrons. The van der Waals surface area contributed by atoms with Crippen molar-refractivity contribution in [2.24, 2.45) is 28.8 Å². The van der Waals surface area contributed by atoms with Gasteiger partial charge in [0, 0.05) is 6.04 Å². The Morgan fingerprint density at radius 3 is 2.71 bits per heavy atom. The molecule has 1 aliphatic carbocycles. The lowest BCUT2D eigenvalue weighted by Gasteiger charge is -2.38. The Labute approximate surface area is 211 Å². The quantitative estimate of drug-likeness (QED) is 0.304. The van der Waals surface area contributed by atoms with E-state index in [4.69, 9.17) is 9.47 Å². The van der Waals surface area contributed by atoms with Gasteiger partial charge in [-0.05, 0) is 81.4 Å². The fourth-order valence-corrected chi connectivity index (χ4v) is 5.59. The van der Waals surface area contributed by atoms with Crippen LogP contribution in [0.1, 0.15) is 60.3 Å². The Hall–Kier alpha value is -1.60. The van der Waals surface area contributed by atoms with Crippen molar-refractivity contribution in [2.45, 2.75) is 96.9 Å². The van der Waals surface area contributed by atoms with Crippen LogP contribution in [0.3, 0.4) is 0 Å². The van der Waals surface area contributed by atoms with Crippen molar-refractivity contribution in [3.63, 3.8) is 0 Å². The summed E-state index contributed by atoms with van der Waals surface area (Å²) in [4.78, 5) is 10.5. The molecule has 2 N–H and O–H groups in total. The van der Waals surface area contributed by atoms with Crippen molar-refractivity contribution in [3.05, 3.63) is 52.5 Å². The van der Waals surface area contributed by atoms with Crippen molar-refractivity contribution < 1.29 is 14.6 Å². The summed E-state index contributed by atoms with van der Waals surface area (Å²) in [5, 5.41) is 16.8. The van der Waals surface area contributed by atoms with E-state index in [1.807, 2.05) is 13.1 Å². The maximum absolute atomic E-state index is 10.7. The average Bonchev–Trinajstić information content (AvgIpc) is 3.48. The molecule has 35 heavy (non-hydrogen) atoms. The monoisotopic (exact) mass is 486 g/mol. The highest BCUT2D eigenvalue weighted by Gasteiger charge is 2.43. The van der Waals surface area contributed by atoms with Gasteiger partial charge in [-0.2, -0.15) is 4.91 Å². The highest BCUT2D eigenvalue weighted by molar-refractivity contribution is 5.20. The summed E-state index contributed by atoms with van der Waals surface area (Å²) >= 11 is 0. The van der Waals surface area contributed by atoms with Gasteiger partial charge in [0.25, 0.3) is 0 Å². The molecule has 0 radical (unpaired) electrons. The molecule has 1 saturated carbocycles. The smallest absolute Gasteiger partial charge is 0.103 e. The largest absolute Gasteiger partial charge is 0.388 e. The molecule has 0 spiro atoms. The summed E-state index contributed by atoms with van der Waals surface area (Å²) in [5.41, 5.74) is 2.67. The average molecular weight is 487 g/mol. The van der Waals surface area contributed by atoms with Gasteiger partial charge in [0.15, 0.2) is 0 Å². The van der Waals surface area contributed by atoms with Gasteiger partial charge >= 0.3 is 0 Å². The van der Waals surface area contributed by atoms with Gasteiger partial charge < -0.3 is 19.9 Å². The van der Waals surface area contributed by atoms with Crippen LogP contribution in [0.5, 0.6) is 0 Å². The van der Waals surface area contributed by atoms with E-state index in [1.165, 1.54) is 11.1 Å². The first-order valence-electron chi connectivity index (χ1n) is 13.5. The second-order valence-electron chi connectivity index (χ2n) is 10.7. The molecule has 6 heteroatoms. The molecular weight excluding hydrogens is 440 g/mol. The fourth-order valence-electron chi connectivity index (χ4n) is 5.59. The van der Waals surface area contributed by atoms with Crippen molar-refractivity contribution in [3.8, 4) is 0 Å². The topological polar surface area (TPSA) is 80.2 Å². The number of nitroso groups, excluding NO2 is 1. The molecule has 10 atom stereocenters. The van der Waals surface area contributed by atoms with Gasteiger partial charge in [0.05, 0.1) is 31.0 Å². The van der Waals surface area contributed by atoms with E-state index in [-0.39, 0.29) is 37.0 Å². The number of likely N-dealkylation sites (N-methyl/N-ethyl adjacent to an activating group) is 1. The van der Waals surface area contributed by atoms with Crippen molar-refractivity contribution >= 4 is 0 Å². The van der Waals surface area contributed by atoms with E-state index in [0.717, 1.165) is 12.8 Å². The number of hydrogen-bond acceptors (Lipinski definition) is 6. The maximum atomic E-state index is 10.7. The lowest BCUT2D eigenvalue weighted by Crippen LogP contribution is -2.52. The predicted octanol–water partition coefficient (Wildman–Crippen LogP) is 5.34. The molecule has 0 aromatic carbocycles. The Morgan fingerprint density at radius 2 is 2.03 bits per heavy atom. The lowest BCUT2D eigenvalue weighted by molar-refractivity contribution is -0.111. The van der Waals surface area contributed by atoms with E-state index >= 15 is 0 Å². The zero-order chi connectivity index (χ0) is 25.5. The predicted molar refractivity (Wildman–Crippen MR) is 142 cm³/mol. The first kappa shape index (κ1) is 28.0. The number of ether oxygens (including phenoxy) is 2. The van der Waals surface area contributed by atoms with E-state index in [1.54, 1.807) is 0 Å². The van der Waals surface area contributed by atoms with Crippen LogP contribution in [0.25, 0.3) is 0 Å². The minimum Gasteiger partial charge on any atom is -0.388 e. The Morgan fingerprint density at radius 1 is 1.29 bits per heavy atom. The molecule has 0 aromatic heterocycles. The number of aliphatic hydroxyl groups is 1. The van der Waals surface area contributed by atoms with Gasteiger partial charge in [-0.1, -0.05) is 62.4 Å². The Kier molecular flexibility index (Phi) is 10.5. The summed E-state index contributed by atoms with van der Waals surface area (Å²) < 4.78 is 12.4. The Bertz CT molecular complexity index is 819. The van der Waals surface area contributed by atoms with Crippen molar-refractivity contribution in [2.75, 3.05) is 13.6 Å². The second-order valence-corrected chi connectivity index (χ2v) is 10.7. The van der Waals surface area contributed by atoms with Gasteiger partial charge in [-0.3, -0.25) is 0 Å². The summed E-state index contributed by atoms with van der Waals surface area (Å²) in [6.07, 6.45) is 16.2. The van der Waals surface area contributed by atoms with E-state index < -0.39 is 6.10 Å². The third kappa shape index (κ3) is 7.45. The highest BCUT2D eigenvalue weighted by atomic mass is 16.5. The number of nitrogens with zero attached hydrogens (tertiary/aromatic N) is 1. The number of hydrogen-bond donors (Lipinski definition) is 2. The SMILES string of the molecule is CC[C@H]1O[C@@H](C(C)=C[C@H](C)C=C[C@H]2[C@@H](C)[C@@H]2C=C[C@@H]2O[C@H](CCN=O)C[C@H](NC)[C@H]2O)CC=C1C. The molecule has 2 aliphatic heterocycles. The van der Waals surface area contributed by atoms with E-state index in [2.05, 4.69) is 75.5 Å². The van der Waals surface area contributed by atoms with E-state index in [0.29, 0.717) is 36.5 Å². The molecule has 0 bridgehead atoms. The summed E-state index contributed by atoms with van der Waals surface area (Å²) in [5.74, 6) is 1.91. The molecule has 6 nitrogen and oxygen atoms in total. The summed E-state index contributed by atoms with van der Waals surface area (Å²) in [6, 6.07) is -0.0431. The molecule has 3 rings (SSSR count). The third-order valence-corrected chi connectivity index (χ3v) is 8.10. The zero-order valence-electron chi connectivity index (χ0n) is 22.4. The standard InChI is InChI=1S/C29H46N2O4/c1-7-26-19(3)9-12-27(35-26)20(4)16-18(2)8-10-23-21(5)24(23)11-13-28-29(32)25(30-6)17-22(34-28)14-15-31-33/h8-11,13,16,18,21-30,32H,7,12,14-15,17H2,1-6H3/t18-,21-,22-,23+,24+,25+,26-,27-,28+,29-/m1/s1. The Balaban J connectivity index is 1.53. The number of aliphatic hydroxyl groups excluding tert-OH is 1. The molecule has 0 amide bonds. The van der Waals surface area contributed by atoms with Crippen LogP contribution in [-0.4, -0.2) is 55.3 Å². The molecule has 1 saturated heterocycles. The summed E-state index contributed by atoms with van der Waals surface area (Å²) in [6.45, 7) is 11.3. The molecule has 2 fully saturated rings. The first-order chi connectivity index (χ1) is 16.8. The first-order valence-corrected chi connectivity index (χ1v) is 13.5. The maximum Gasteiger partial charge on any atom is 0.103 e. The third-order valence-electron chi connectivity index (χ3n) is 8.10. The van der Waals surface area contributed by atoms with Crippen LogP contribution < -0.4 is 5.32 Å². The van der Waals surface area contributed by atoms with E-state index in [9.17, 15) is 10.0 Å². The van der Waals surface area contributed by atoms with Crippen LogP contribution in [0.15, 0.2) is 52.8 Å². The van der Waals surface area contributed by atoms with Gasteiger partial charge in [-0.25, -0.2) is 0 Å². The number of nitrogens with one attached hydrogen (secondary N) is 1. The number of allylic oxidation sites excluding steroid dienone is 4. The lowest BCUT2D eigenvalue weighted by atomic mass is 9.93. The minimum absolute atomic E-state index is 0.0431. The molecule has 0 unspecified atom stereocenters. The van der Waals surface area contributed by atoms with Gasteiger partial charge in [0.1, 0.15) is 6.10 Å². The minimum atomic E-state index is -0.596. The van der Waals surface area contributed by atoms with Gasteiger partial charge in [-0.15, -0.1) is 0 Å². The van der Waals surface area contributed by atoms with Crippen LogP contribution in [0.2, 0.25) is 0 Å². The summed E-state index contributed by atoms with van der Waals surface area (Å²) in [7, 11) is 1.86. The zero-order valence-corrected chi connectivity index (χ0v) is 22.4. The van der Waals surface area contributed by atoms with Crippen LogP contribution in [-0.2, 0) is 9.47 Å². The van der Waals surface area contributed by atoms with Crippen LogP contribution in [0, 0.1) is 28.6 Å².